The average molecular weight is 504 g/mol. The first-order valence-electron chi connectivity index (χ1n) is 11.7. The molecular formula is C24H28F3N7O2. The molecule has 0 aliphatic carbocycles. The van der Waals surface area contributed by atoms with Crippen LogP contribution < -0.4 is 15.4 Å². The van der Waals surface area contributed by atoms with E-state index in [-0.39, 0.29) is 23.7 Å². The Labute approximate surface area is 206 Å². The highest BCUT2D eigenvalue weighted by atomic mass is 19.4. The van der Waals surface area contributed by atoms with Crippen LogP contribution >= 0.6 is 0 Å². The number of alkyl halides is 3. The number of carbonyl (C=O) groups is 1. The van der Waals surface area contributed by atoms with Gasteiger partial charge in [-0.25, -0.2) is 4.79 Å². The minimum Gasteiger partial charge on any atom is -0.496 e. The van der Waals surface area contributed by atoms with Crippen LogP contribution in [0.4, 0.5) is 18.0 Å². The van der Waals surface area contributed by atoms with E-state index in [0.29, 0.717) is 48.6 Å². The lowest BCUT2D eigenvalue weighted by molar-refractivity contribution is -0.146. The summed E-state index contributed by atoms with van der Waals surface area (Å²) < 4.78 is 46.1. The van der Waals surface area contributed by atoms with Crippen molar-refractivity contribution in [2.45, 2.75) is 38.0 Å². The second-order valence-electron chi connectivity index (χ2n) is 8.48. The number of aromatic nitrogens is 4. The molecule has 0 saturated carbocycles. The molecule has 0 bridgehead atoms. The second-order valence-corrected chi connectivity index (χ2v) is 8.48. The Bertz CT molecular complexity index is 1170. The predicted octanol–water partition coefficient (Wildman–Crippen LogP) is 3.37. The van der Waals surface area contributed by atoms with Crippen molar-refractivity contribution in [2.75, 3.05) is 26.7 Å². The van der Waals surface area contributed by atoms with Crippen molar-refractivity contribution in [3.63, 3.8) is 0 Å². The molecule has 12 heteroatoms. The molecule has 1 aliphatic heterocycles. The maximum atomic E-state index is 13.3. The molecule has 2 aromatic carbocycles. The van der Waals surface area contributed by atoms with Crippen molar-refractivity contribution >= 4 is 6.03 Å². The van der Waals surface area contributed by atoms with Gasteiger partial charge in [0.1, 0.15) is 5.75 Å². The average Bonchev–Trinajstić information content (AvgIpc) is 3.39. The quantitative estimate of drug-likeness (QED) is 0.513. The lowest BCUT2D eigenvalue weighted by Gasteiger charge is -2.39. The third-order valence-corrected chi connectivity index (χ3v) is 6.24. The van der Waals surface area contributed by atoms with Crippen LogP contribution in [0.25, 0.3) is 5.69 Å². The van der Waals surface area contributed by atoms with Gasteiger partial charge in [0, 0.05) is 43.7 Å². The summed E-state index contributed by atoms with van der Waals surface area (Å²) in [6.45, 7) is 3.92. The van der Waals surface area contributed by atoms with Gasteiger partial charge >= 0.3 is 12.2 Å². The number of likely N-dealkylation sites (tertiary alicyclic amines) is 1. The number of nitrogens with zero attached hydrogens (tertiary/aromatic N) is 5. The highest BCUT2D eigenvalue weighted by molar-refractivity contribution is 5.74. The number of carbonyl (C=O) groups excluding carboxylic acids is 1. The minimum atomic E-state index is -4.69. The van der Waals surface area contributed by atoms with Crippen molar-refractivity contribution in [3.05, 3.63) is 65.5 Å². The number of halogens is 3. The third-order valence-electron chi connectivity index (χ3n) is 6.24. The van der Waals surface area contributed by atoms with Crippen molar-refractivity contribution in [2.24, 2.45) is 0 Å². The minimum absolute atomic E-state index is 0.0326. The van der Waals surface area contributed by atoms with Crippen molar-refractivity contribution < 1.29 is 22.7 Å². The number of hydrogen-bond acceptors (Lipinski definition) is 6. The summed E-state index contributed by atoms with van der Waals surface area (Å²) in [7, 11) is 1.51. The van der Waals surface area contributed by atoms with Crippen molar-refractivity contribution in [1.82, 2.24) is 35.7 Å². The van der Waals surface area contributed by atoms with Gasteiger partial charge in [0.25, 0.3) is 5.82 Å². The number of rotatable bonds is 7. The first-order chi connectivity index (χ1) is 17.3. The van der Waals surface area contributed by atoms with Crippen LogP contribution in [0, 0.1) is 0 Å². The number of tetrazole rings is 1. The van der Waals surface area contributed by atoms with Crippen LogP contribution in [0.1, 0.15) is 36.2 Å². The molecule has 9 nitrogen and oxygen atoms in total. The molecule has 1 aromatic heterocycles. The maximum absolute atomic E-state index is 13.3. The Morgan fingerprint density at radius 3 is 2.67 bits per heavy atom. The van der Waals surface area contributed by atoms with Gasteiger partial charge in [0.15, 0.2) is 0 Å². The maximum Gasteiger partial charge on any atom is 0.453 e. The first-order valence-corrected chi connectivity index (χ1v) is 11.7. The highest BCUT2D eigenvalue weighted by Crippen LogP contribution is 2.31. The molecule has 36 heavy (non-hydrogen) atoms. The zero-order valence-electron chi connectivity index (χ0n) is 20.0. The zero-order valence-corrected chi connectivity index (χ0v) is 20.0. The number of benzene rings is 2. The summed E-state index contributed by atoms with van der Waals surface area (Å²) in [5, 5.41) is 16.3. The second kappa shape index (κ2) is 10.9. The Hall–Kier alpha value is -3.67. The summed E-state index contributed by atoms with van der Waals surface area (Å²) >= 11 is 0. The van der Waals surface area contributed by atoms with Gasteiger partial charge in [-0.2, -0.15) is 17.9 Å². The molecule has 0 radical (unpaired) electrons. The van der Waals surface area contributed by atoms with E-state index in [9.17, 15) is 18.0 Å². The Balaban J connectivity index is 1.56. The molecule has 2 atom stereocenters. The number of urea groups is 1. The number of methoxy groups -OCH3 is 1. The summed E-state index contributed by atoms with van der Waals surface area (Å²) in [5.74, 6) is -0.634. The number of nitrogens with one attached hydrogen (secondary N) is 2. The van der Waals surface area contributed by atoms with Crippen LogP contribution in [0.5, 0.6) is 5.75 Å². The standard InChI is InChI=1S/C24H28F3N7O2/c1-3-28-23(35)33-12-11-20(19(15-33)16-7-5-4-6-8-16)29-14-17-13-18(9-10-21(17)36-2)34-22(24(25,26)27)30-31-32-34/h4-10,13,19-20,29H,3,11-12,14-15H2,1-2H3,(H,28,35)/t19-,20-/m0/s1. The van der Waals surface area contributed by atoms with E-state index < -0.39 is 12.0 Å². The monoisotopic (exact) mass is 503 g/mol. The lowest BCUT2D eigenvalue weighted by Crippen LogP contribution is -2.52. The number of ether oxygens (including phenoxy) is 1. The number of amides is 2. The zero-order chi connectivity index (χ0) is 25.7. The fraction of sp³-hybridized carbons (Fsp3) is 0.417. The molecule has 2 N–H and O–H groups in total. The van der Waals surface area contributed by atoms with E-state index in [1.54, 1.807) is 12.1 Å². The smallest absolute Gasteiger partial charge is 0.453 e. The molecule has 0 unspecified atom stereocenters. The normalized spacial score (nSPS) is 18.2. The molecule has 4 rings (SSSR count). The Morgan fingerprint density at radius 2 is 1.97 bits per heavy atom. The van der Waals surface area contributed by atoms with Gasteiger partial charge in [-0.15, -0.1) is 5.10 Å². The largest absolute Gasteiger partial charge is 0.496 e. The molecule has 0 spiro atoms. The van der Waals surface area contributed by atoms with Gasteiger partial charge in [0.2, 0.25) is 0 Å². The van der Waals surface area contributed by atoms with E-state index >= 15 is 0 Å². The van der Waals surface area contributed by atoms with Gasteiger partial charge < -0.3 is 20.3 Å². The number of hydrogen-bond donors (Lipinski definition) is 2. The van der Waals surface area contributed by atoms with Crippen molar-refractivity contribution in [3.8, 4) is 11.4 Å². The van der Waals surface area contributed by atoms with Crippen LogP contribution in [-0.4, -0.2) is 63.9 Å². The molecule has 1 aliphatic rings. The Morgan fingerprint density at radius 1 is 1.19 bits per heavy atom. The van der Waals surface area contributed by atoms with E-state index in [4.69, 9.17) is 4.74 Å². The number of piperidine rings is 1. The molecule has 1 saturated heterocycles. The third kappa shape index (κ3) is 5.59. The summed E-state index contributed by atoms with van der Waals surface area (Å²) in [4.78, 5) is 14.3. The topological polar surface area (TPSA) is 97.2 Å². The Kier molecular flexibility index (Phi) is 7.73. The van der Waals surface area contributed by atoms with Gasteiger partial charge in [-0.3, -0.25) is 0 Å². The SMILES string of the molecule is CCNC(=O)N1CC[C@H](NCc2cc(-n3nnnc3C(F)(F)F)ccc2OC)[C@H](c2ccccc2)C1. The van der Waals surface area contributed by atoms with Gasteiger partial charge in [0.05, 0.1) is 12.8 Å². The predicted molar refractivity (Wildman–Crippen MR) is 126 cm³/mol. The molecule has 2 heterocycles. The van der Waals surface area contributed by atoms with Gasteiger partial charge in [-0.1, -0.05) is 30.3 Å². The first kappa shape index (κ1) is 25.4. The van der Waals surface area contributed by atoms with E-state index in [2.05, 4.69) is 26.2 Å². The van der Waals surface area contributed by atoms with E-state index in [1.165, 1.54) is 13.2 Å². The van der Waals surface area contributed by atoms with Crippen LogP contribution in [0.2, 0.25) is 0 Å². The van der Waals surface area contributed by atoms with E-state index in [1.807, 2.05) is 42.2 Å². The summed E-state index contributed by atoms with van der Waals surface area (Å²) in [6.07, 6.45) is -3.98. The summed E-state index contributed by atoms with van der Waals surface area (Å²) in [5.41, 5.74) is 1.94. The summed E-state index contributed by atoms with van der Waals surface area (Å²) in [6, 6.07) is 14.6. The molecule has 1 fully saturated rings. The fourth-order valence-electron chi connectivity index (χ4n) is 4.50. The van der Waals surface area contributed by atoms with Crippen LogP contribution in [0.3, 0.4) is 0 Å². The molecular weight excluding hydrogens is 475 g/mol. The van der Waals surface area contributed by atoms with Crippen molar-refractivity contribution in [1.29, 1.82) is 0 Å². The molecule has 3 aromatic rings. The highest BCUT2D eigenvalue weighted by Gasteiger charge is 2.38. The lowest BCUT2D eigenvalue weighted by atomic mass is 9.86. The van der Waals surface area contributed by atoms with Crippen LogP contribution in [0.15, 0.2) is 48.5 Å². The van der Waals surface area contributed by atoms with Gasteiger partial charge in [-0.05, 0) is 47.5 Å². The molecule has 192 valence electrons. The fourth-order valence-corrected chi connectivity index (χ4v) is 4.50. The molecule has 2 amide bonds. The van der Waals surface area contributed by atoms with E-state index in [0.717, 1.165) is 5.56 Å². The van der Waals surface area contributed by atoms with Crippen LogP contribution in [-0.2, 0) is 12.7 Å².